The van der Waals surface area contributed by atoms with Crippen LogP contribution in [-0.2, 0) is 13.1 Å². The van der Waals surface area contributed by atoms with Crippen LogP contribution in [0.4, 0.5) is 0 Å². The molecule has 0 aromatic carbocycles. The molecule has 0 bridgehead atoms. The summed E-state index contributed by atoms with van der Waals surface area (Å²) in [4.78, 5) is 12.5. The summed E-state index contributed by atoms with van der Waals surface area (Å²) in [5, 5.41) is 0. The fourth-order valence-corrected chi connectivity index (χ4v) is 3.92. The van der Waals surface area contributed by atoms with Gasteiger partial charge in [-0.25, -0.2) is 4.79 Å². The van der Waals surface area contributed by atoms with Gasteiger partial charge in [-0.05, 0) is 13.3 Å². The fourth-order valence-electron chi connectivity index (χ4n) is 3.06. The molecule has 1 rings (SSSR count). The highest BCUT2D eigenvalue weighted by Crippen LogP contribution is 2.28. The maximum Gasteiger partial charge on any atom is 0.389 e. The Morgan fingerprint density at radius 3 is 1.88 bits per heavy atom. The zero-order valence-electron chi connectivity index (χ0n) is 16.4. The lowest BCUT2D eigenvalue weighted by atomic mass is 10.0. The van der Waals surface area contributed by atoms with Crippen LogP contribution in [0.15, 0.2) is 30.6 Å². The van der Waals surface area contributed by atoms with Gasteiger partial charge in [0.15, 0.2) is 12.4 Å². The zero-order chi connectivity index (χ0) is 18.4. The maximum absolute atomic E-state index is 12.5. The second kappa shape index (κ2) is 15.8. The Morgan fingerprint density at radius 1 is 0.885 bits per heavy atom. The highest BCUT2D eigenvalue weighted by molar-refractivity contribution is 14.1. The monoisotopic (exact) mass is 539 g/mol. The predicted octanol–water partition coefficient (Wildman–Crippen LogP) is 2.94. The summed E-state index contributed by atoms with van der Waals surface area (Å²) in [6.07, 6.45) is 17.8. The molecule has 0 spiro atoms. The Morgan fingerprint density at radius 2 is 1.38 bits per heavy atom. The van der Waals surface area contributed by atoms with Crippen LogP contribution in [0.2, 0.25) is 0 Å². The molecule has 150 valence electrons. The topological polar surface area (TPSA) is 30.2 Å². The van der Waals surface area contributed by atoms with Gasteiger partial charge in [-0.3, -0.25) is 0 Å². The van der Waals surface area contributed by atoms with E-state index in [0.717, 1.165) is 12.8 Å². The number of esters is 1. The second-order valence-corrected chi connectivity index (χ2v) is 8.48. The fraction of sp³-hybridized carbons (Fsp3) is 0.714. The van der Waals surface area contributed by atoms with E-state index in [9.17, 15) is 4.79 Å². The van der Waals surface area contributed by atoms with Crippen molar-refractivity contribution >= 4 is 28.6 Å². The van der Waals surface area contributed by atoms with Crippen LogP contribution in [0.1, 0.15) is 84.5 Å². The third-order valence-corrected chi connectivity index (χ3v) is 6.11. The van der Waals surface area contributed by atoms with E-state index < -0.39 is 3.55 Å². The molecular weight excluding hydrogens is 505 g/mol. The van der Waals surface area contributed by atoms with Gasteiger partial charge in [-0.15, -0.1) is 0 Å². The van der Waals surface area contributed by atoms with Gasteiger partial charge in [-0.2, -0.15) is 4.57 Å². The minimum absolute atomic E-state index is 0. The molecule has 5 heteroatoms. The Kier molecular flexibility index (Phi) is 15.7. The largest absolute Gasteiger partial charge is 1.00 e. The number of hydrogen-bond acceptors (Lipinski definition) is 2. The van der Waals surface area contributed by atoms with Gasteiger partial charge in [0.05, 0.1) is 6.61 Å². The van der Waals surface area contributed by atoms with Gasteiger partial charge in [-0.1, -0.05) is 70.8 Å². The molecule has 0 aliphatic heterocycles. The molecule has 0 radical (unpaired) electrons. The van der Waals surface area contributed by atoms with Crippen LogP contribution in [0.3, 0.4) is 0 Å². The molecule has 1 aromatic rings. The third kappa shape index (κ3) is 9.67. The highest BCUT2D eigenvalue weighted by Gasteiger charge is 2.46. The first-order chi connectivity index (χ1) is 12.1. The van der Waals surface area contributed by atoms with Gasteiger partial charge in [0.2, 0.25) is 0 Å². The summed E-state index contributed by atoms with van der Waals surface area (Å²) in [6, 6.07) is 5.90. The Balaban J connectivity index is 0.00000625. The number of ether oxygens (including phenoxy) is 1. The number of halogens is 2. The summed E-state index contributed by atoms with van der Waals surface area (Å²) in [5.41, 5.74) is 0. The summed E-state index contributed by atoms with van der Waals surface area (Å²) < 4.78 is 6.69. The molecule has 1 unspecified atom stereocenters. The average Bonchev–Trinajstić information content (AvgIpc) is 2.64. The third-order valence-electron chi connectivity index (χ3n) is 4.57. The predicted molar refractivity (Wildman–Crippen MR) is 112 cm³/mol. The number of carbonyl (C=O) groups is 1. The van der Waals surface area contributed by atoms with Gasteiger partial charge in [0, 0.05) is 41.1 Å². The van der Waals surface area contributed by atoms with E-state index in [1.807, 2.05) is 42.1 Å². The normalized spacial score (nSPS) is 12.9. The Hall–Kier alpha value is -0.170. The van der Waals surface area contributed by atoms with Crippen molar-refractivity contribution in [3.63, 3.8) is 0 Å². The van der Waals surface area contributed by atoms with Crippen molar-refractivity contribution < 1.29 is 31.1 Å². The number of alkyl halides is 1. The zero-order valence-corrected chi connectivity index (χ0v) is 20.1. The van der Waals surface area contributed by atoms with E-state index in [1.165, 1.54) is 57.8 Å². The molecule has 0 saturated carbocycles. The molecule has 0 fully saturated rings. The molecule has 0 amide bonds. The van der Waals surface area contributed by atoms with Gasteiger partial charge in [0.25, 0.3) is 0 Å². The van der Waals surface area contributed by atoms with Gasteiger partial charge >= 0.3 is 9.51 Å². The first-order valence-electron chi connectivity index (χ1n) is 9.98. The van der Waals surface area contributed by atoms with E-state index in [1.54, 1.807) is 0 Å². The van der Waals surface area contributed by atoms with Gasteiger partial charge < -0.3 is 21.7 Å². The van der Waals surface area contributed by atoms with E-state index >= 15 is 0 Å². The summed E-state index contributed by atoms with van der Waals surface area (Å²) in [6.45, 7) is 4.55. The quantitative estimate of drug-likeness (QED) is 0.120. The number of aromatic nitrogens is 1. The van der Waals surface area contributed by atoms with Crippen molar-refractivity contribution in [2.45, 2.75) is 88.0 Å². The lowest BCUT2D eigenvalue weighted by molar-refractivity contribution is -0.719. The molecule has 1 aromatic heterocycles. The summed E-state index contributed by atoms with van der Waals surface area (Å²) >= 11 is 2.27. The van der Waals surface area contributed by atoms with E-state index in [2.05, 4.69) is 29.5 Å². The smallest absolute Gasteiger partial charge is 0.389 e. The first-order valence-corrected chi connectivity index (χ1v) is 11.1. The van der Waals surface area contributed by atoms with E-state index in [0.29, 0.717) is 6.61 Å². The number of unbranched alkanes of at least 4 members (excludes halogenated alkanes) is 9. The van der Waals surface area contributed by atoms with Crippen LogP contribution in [0, 0.1) is 0 Å². The molecule has 1 atom stereocenters. The maximum atomic E-state index is 12.5. The Labute approximate surface area is 184 Å². The Bertz CT molecular complexity index is 472. The first kappa shape index (κ1) is 25.8. The lowest BCUT2D eigenvalue weighted by Crippen LogP contribution is -3.00. The van der Waals surface area contributed by atoms with Crippen molar-refractivity contribution in [3.05, 3.63) is 30.6 Å². The number of rotatable bonds is 14. The molecule has 0 aliphatic rings. The number of pyridine rings is 1. The van der Waals surface area contributed by atoms with Crippen molar-refractivity contribution in [1.29, 1.82) is 0 Å². The van der Waals surface area contributed by atoms with Crippen molar-refractivity contribution in [3.8, 4) is 0 Å². The minimum atomic E-state index is -0.630. The van der Waals surface area contributed by atoms with Crippen molar-refractivity contribution in [2.24, 2.45) is 0 Å². The number of carbonyl (C=O) groups excluding carboxylic acids is 1. The van der Waals surface area contributed by atoms with Crippen LogP contribution >= 0.6 is 22.6 Å². The van der Waals surface area contributed by atoms with Gasteiger partial charge in [0.1, 0.15) is 0 Å². The van der Waals surface area contributed by atoms with E-state index in [-0.39, 0.29) is 23.0 Å². The molecular formula is C21H35BrINO2. The second-order valence-electron chi connectivity index (χ2n) is 6.69. The summed E-state index contributed by atoms with van der Waals surface area (Å²) in [5.74, 6) is -0.136. The van der Waals surface area contributed by atoms with Crippen molar-refractivity contribution in [2.75, 3.05) is 6.61 Å². The highest BCUT2D eigenvalue weighted by atomic mass is 127. The van der Waals surface area contributed by atoms with Crippen molar-refractivity contribution in [1.82, 2.24) is 0 Å². The molecule has 0 aliphatic carbocycles. The van der Waals surface area contributed by atoms with Crippen LogP contribution in [-0.4, -0.2) is 12.6 Å². The molecule has 0 N–H and O–H groups in total. The minimum Gasteiger partial charge on any atom is -1.00 e. The van der Waals surface area contributed by atoms with Crippen LogP contribution in [0.5, 0.6) is 0 Å². The molecule has 0 saturated heterocycles. The molecule has 3 nitrogen and oxygen atoms in total. The number of nitrogens with zero attached hydrogens (tertiary/aromatic N) is 1. The summed E-state index contributed by atoms with van der Waals surface area (Å²) in [7, 11) is 0. The lowest BCUT2D eigenvalue weighted by Gasteiger charge is -2.20. The molecule has 26 heavy (non-hydrogen) atoms. The van der Waals surface area contributed by atoms with Crippen LogP contribution < -0.4 is 21.5 Å². The van der Waals surface area contributed by atoms with Crippen LogP contribution in [0.25, 0.3) is 0 Å². The standard InChI is InChI=1S/C21H35INO2.BrH/c1-3-5-6-7-8-9-10-11-12-14-17-21(22,20(24)25-4-2)23-18-15-13-16-19-23;/h13,15-16,18-19H,3-12,14,17H2,1-2H3;1H/q+1;/p-1. The number of hydrogen-bond donors (Lipinski definition) is 0. The molecule has 1 heterocycles. The van der Waals surface area contributed by atoms with E-state index in [4.69, 9.17) is 4.74 Å². The SMILES string of the molecule is CCCCCCCCCCCCC(I)(C(=O)OCC)[n+]1ccccc1.[Br-]. The average molecular weight is 540 g/mol.